The minimum absolute atomic E-state index is 0.182. The second kappa shape index (κ2) is 8.17. The maximum Gasteiger partial charge on any atom is 0.346 e. The number of carbonyl (C=O) groups excluding carboxylic acids is 1. The molecule has 1 amide bonds. The predicted molar refractivity (Wildman–Crippen MR) is 110 cm³/mol. The number of aromatic nitrogens is 3. The fourth-order valence-corrected chi connectivity index (χ4v) is 4.15. The Labute approximate surface area is 170 Å². The average molecular weight is 390 g/mol. The van der Waals surface area contributed by atoms with E-state index in [1.165, 1.54) is 4.68 Å². The van der Waals surface area contributed by atoms with E-state index in [1.807, 2.05) is 65.6 Å². The van der Waals surface area contributed by atoms with Gasteiger partial charge in [0.05, 0.1) is 6.20 Å². The number of amides is 1. The molecule has 1 N–H and O–H groups in total. The van der Waals surface area contributed by atoms with Crippen molar-refractivity contribution < 1.29 is 9.90 Å². The van der Waals surface area contributed by atoms with Gasteiger partial charge in [-0.05, 0) is 36.8 Å². The van der Waals surface area contributed by atoms with E-state index in [9.17, 15) is 9.90 Å². The van der Waals surface area contributed by atoms with Crippen molar-refractivity contribution in [1.82, 2.24) is 19.9 Å². The first-order valence-electron chi connectivity index (χ1n) is 10.2. The quantitative estimate of drug-likeness (QED) is 0.736. The molecule has 1 aliphatic rings. The van der Waals surface area contributed by atoms with E-state index in [2.05, 4.69) is 17.2 Å². The SMILES string of the molecule is CCC1CCCCN1C(=O)n1cc(C(O)(c2ccccc2)c2ccccc2)nn1. The molecular weight excluding hydrogens is 364 g/mol. The maximum absolute atomic E-state index is 13.1. The highest BCUT2D eigenvalue weighted by Gasteiger charge is 2.37. The van der Waals surface area contributed by atoms with Crippen LogP contribution in [-0.2, 0) is 5.60 Å². The number of nitrogens with zero attached hydrogens (tertiary/aromatic N) is 4. The molecule has 150 valence electrons. The largest absolute Gasteiger partial charge is 0.374 e. The van der Waals surface area contributed by atoms with Crippen LogP contribution in [0.1, 0.15) is 49.4 Å². The highest BCUT2D eigenvalue weighted by molar-refractivity contribution is 5.76. The summed E-state index contributed by atoms with van der Waals surface area (Å²) in [6, 6.07) is 18.7. The Kier molecular flexibility index (Phi) is 5.45. The lowest BCUT2D eigenvalue weighted by Gasteiger charge is -2.34. The summed E-state index contributed by atoms with van der Waals surface area (Å²) in [5, 5.41) is 20.1. The zero-order valence-corrected chi connectivity index (χ0v) is 16.6. The number of hydrogen-bond acceptors (Lipinski definition) is 4. The van der Waals surface area contributed by atoms with Crippen LogP contribution in [-0.4, -0.2) is 43.6 Å². The summed E-state index contributed by atoms with van der Waals surface area (Å²) in [4.78, 5) is 15.0. The molecule has 2 aromatic carbocycles. The van der Waals surface area contributed by atoms with Gasteiger partial charge in [0.2, 0.25) is 0 Å². The molecule has 29 heavy (non-hydrogen) atoms. The normalized spacial score (nSPS) is 17.3. The van der Waals surface area contributed by atoms with Gasteiger partial charge in [0, 0.05) is 12.6 Å². The molecule has 6 nitrogen and oxygen atoms in total. The topological polar surface area (TPSA) is 71.2 Å². The number of likely N-dealkylation sites (tertiary alicyclic amines) is 1. The summed E-state index contributed by atoms with van der Waals surface area (Å²) in [6.07, 6.45) is 5.64. The molecule has 1 aliphatic heterocycles. The molecule has 0 spiro atoms. The Morgan fingerprint density at radius 3 is 2.28 bits per heavy atom. The fourth-order valence-electron chi connectivity index (χ4n) is 4.15. The Hall–Kier alpha value is -2.99. The van der Waals surface area contributed by atoms with Crippen molar-refractivity contribution in [3.05, 3.63) is 83.7 Å². The third-order valence-corrected chi connectivity index (χ3v) is 5.79. The van der Waals surface area contributed by atoms with Crippen LogP contribution in [0.5, 0.6) is 0 Å². The third kappa shape index (κ3) is 3.56. The summed E-state index contributed by atoms with van der Waals surface area (Å²) < 4.78 is 1.26. The first-order valence-corrected chi connectivity index (χ1v) is 10.2. The molecule has 0 bridgehead atoms. The van der Waals surface area contributed by atoms with Crippen molar-refractivity contribution in [3.8, 4) is 0 Å². The second-order valence-electron chi connectivity index (χ2n) is 7.52. The van der Waals surface area contributed by atoms with Crippen molar-refractivity contribution in [2.45, 2.75) is 44.2 Å². The highest BCUT2D eigenvalue weighted by atomic mass is 16.3. The van der Waals surface area contributed by atoms with Crippen LogP contribution in [0.25, 0.3) is 0 Å². The van der Waals surface area contributed by atoms with Crippen LogP contribution < -0.4 is 0 Å². The van der Waals surface area contributed by atoms with Crippen LogP contribution in [0.15, 0.2) is 66.9 Å². The van der Waals surface area contributed by atoms with Crippen LogP contribution >= 0.6 is 0 Å². The third-order valence-electron chi connectivity index (χ3n) is 5.79. The van der Waals surface area contributed by atoms with Gasteiger partial charge in [0.15, 0.2) is 5.60 Å². The fraction of sp³-hybridized carbons (Fsp3) is 0.348. The summed E-state index contributed by atoms with van der Waals surface area (Å²) in [6.45, 7) is 2.83. The van der Waals surface area contributed by atoms with E-state index < -0.39 is 5.60 Å². The molecule has 1 unspecified atom stereocenters. The van der Waals surface area contributed by atoms with Crippen LogP contribution in [0.3, 0.4) is 0 Å². The van der Waals surface area contributed by atoms with Gasteiger partial charge in [0.25, 0.3) is 0 Å². The summed E-state index contributed by atoms with van der Waals surface area (Å²) in [5.41, 5.74) is 0.186. The smallest absolute Gasteiger partial charge is 0.346 e. The zero-order valence-electron chi connectivity index (χ0n) is 16.6. The van der Waals surface area contributed by atoms with Gasteiger partial charge < -0.3 is 10.0 Å². The monoisotopic (exact) mass is 390 g/mol. The molecule has 1 fully saturated rings. The molecule has 4 rings (SSSR count). The van der Waals surface area contributed by atoms with Gasteiger partial charge in [-0.25, -0.2) is 4.79 Å². The second-order valence-corrected chi connectivity index (χ2v) is 7.52. The van der Waals surface area contributed by atoms with E-state index in [1.54, 1.807) is 6.20 Å². The summed E-state index contributed by atoms with van der Waals surface area (Å²) >= 11 is 0. The van der Waals surface area contributed by atoms with Crippen molar-refractivity contribution in [2.24, 2.45) is 0 Å². The molecule has 6 heteroatoms. The zero-order chi connectivity index (χ0) is 20.3. The number of carbonyl (C=O) groups is 1. The molecule has 1 saturated heterocycles. The van der Waals surface area contributed by atoms with Crippen LogP contribution in [0.4, 0.5) is 4.79 Å². The first kappa shape index (κ1) is 19.3. The van der Waals surface area contributed by atoms with E-state index >= 15 is 0 Å². The molecule has 2 heterocycles. The van der Waals surface area contributed by atoms with Crippen LogP contribution in [0, 0.1) is 0 Å². The summed E-state index contributed by atoms with van der Waals surface area (Å²) in [5.74, 6) is 0. The van der Waals surface area contributed by atoms with E-state index in [-0.39, 0.29) is 12.1 Å². The minimum atomic E-state index is -1.49. The highest BCUT2D eigenvalue weighted by Crippen LogP contribution is 2.35. The van der Waals surface area contributed by atoms with Crippen molar-refractivity contribution in [1.29, 1.82) is 0 Å². The number of aliphatic hydroxyl groups is 1. The van der Waals surface area contributed by atoms with E-state index in [4.69, 9.17) is 0 Å². The van der Waals surface area contributed by atoms with Gasteiger partial charge in [-0.3, -0.25) is 0 Å². The lowest BCUT2D eigenvalue weighted by Crippen LogP contribution is -2.45. The van der Waals surface area contributed by atoms with Gasteiger partial charge in [-0.15, -0.1) is 5.10 Å². The number of piperidine rings is 1. The molecule has 1 aromatic heterocycles. The standard InChI is InChI=1S/C23H26N4O2/c1-2-20-15-9-10-16-26(20)22(28)27-17-21(24-25-27)23(29,18-11-5-3-6-12-18)19-13-7-4-8-14-19/h3-8,11-14,17,20,29H,2,9-10,15-16H2,1H3. The van der Waals surface area contributed by atoms with E-state index in [0.717, 1.165) is 32.2 Å². The minimum Gasteiger partial charge on any atom is -0.374 e. The lowest BCUT2D eigenvalue weighted by atomic mass is 9.84. The Morgan fingerprint density at radius 2 is 1.69 bits per heavy atom. The molecule has 3 aromatic rings. The van der Waals surface area contributed by atoms with Gasteiger partial charge in [-0.1, -0.05) is 72.8 Å². The van der Waals surface area contributed by atoms with Gasteiger partial charge in [-0.2, -0.15) is 4.68 Å². The van der Waals surface area contributed by atoms with Gasteiger partial charge in [0.1, 0.15) is 5.69 Å². The van der Waals surface area contributed by atoms with E-state index in [0.29, 0.717) is 16.8 Å². The number of rotatable bonds is 4. The molecule has 0 aliphatic carbocycles. The molecular formula is C23H26N4O2. The first-order chi connectivity index (χ1) is 14.1. The summed E-state index contributed by atoms with van der Waals surface area (Å²) in [7, 11) is 0. The lowest BCUT2D eigenvalue weighted by molar-refractivity contribution is 0.120. The number of benzene rings is 2. The average Bonchev–Trinajstić information content (AvgIpc) is 3.30. The predicted octanol–water partition coefficient (Wildman–Crippen LogP) is 3.79. The van der Waals surface area contributed by atoms with Crippen molar-refractivity contribution in [2.75, 3.05) is 6.54 Å². The Bertz CT molecular complexity index is 916. The van der Waals surface area contributed by atoms with Crippen LogP contribution in [0.2, 0.25) is 0 Å². The number of hydrogen-bond donors (Lipinski definition) is 1. The van der Waals surface area contributed by atoms with Crippen molar-refractivity contribution in [3.63, 3.8) is 0 Å². The molecule has 0 radical (unpaired) electrons. The molecule has 0 saturated carbocycles. The Balaban J connectivity index is 1.73. The maximum atomic E-state index is 13.1. The van der Waals surface area contributed by atoms with Crippen molar-refractivity contribution >= 4 is 6.03 Å². The van der Waals surface area contributed by atoms with Gasteiger partial charge >= 0.3 is 6.03 Å². The molecule has 1 atom stereocenters. The Morgan fingerprint density at radius 1 is 1.07 bits per heavy atom.